The predicted octanol–water partition coefficient (Wildman–Crippen LogP) is 0.165. The second kappa shape index (κ2) is 1.91. The van der Waals surface area contributed by atoms with Crippen molar-refractivity contribution in [2.24, 2.45) is 0 Å². The highest BCUT2D eigenvalue weighted by molar-refractivity contribution is 5.65. The minimum Gasteiger partial charge on any atom is -0.391 e. The van der Waals surface area contributed by atoms with Gasteiger partial charge < -0.3 is 9.84 Å². The number of nitrogens with zero attached hydrogens (tertiary/aromatic N) is 3. The largest absolute Gasteiger partial charge is 0.391 e. The molecule has 0 fully saturated rings. The lowest BCUT2D eigenvalue weighted by atomic mass is 10.3. The molecule has 2 aromatic heterocycles. The molecule has 0 amide bonds. The maximum absolute atomic E-state index is 10.7. The quantitative estimate of drug-likeness (QED) is 0.503. The van der Waals surface area contributed by atoms with Gasteiger partial charge in [0, 0.05) is 0 Å². The maximum atomic E-state index is 10.7. The first-order chi connectivity index (χ1) is 5.27. The minimum atomic E-state index is 0.218. The third kappa shape index (κ3) is 0.813. The number of aryl methyl sites for hydroxylation is 1. The fourth-order valence-electron chi connectivity index (χ4n) is 0.874. The van der Waals surface area contributed by atoms with E-state index in [1.54, 1.807) is 12.3 Å². The van der Waals surface area contributed by atoms with E-state index in [9.17, 15) is 5.21 Å². The Hall–Kier alpha value is -1.65. The lowest BCUT2D eigenvalue weighted by Crippen LogP contribution is -2.23. The minimum absolute atomic E-state index is 0.218. The average molecular weight is 151 g/mol. The predicted molar refractivity (Wildman–Crippen MR) is 35.5 cm³/mol. The molecular weight excluding hydrogens is 146 g/mol. The Balaban J connectivity index is 2.86. The van der Waals surface area contributed by atoms with Crippen LogP contribution in [0.25, 0.3) is 11.2 Å². The van der Waals surface area contributed by atoms with Gasteiger partial charge in [-0.3, -0.25) is 0 Å². The first-order valence-corrected chi connectivity index (χ1v) is 3.09. The summed E-state index contributed by atoms with van der Waals surface area (Å²) in [6.07, 6.45) is 1.59. The van der Waals surface area contributed by atoms with E-state index in [4.69, 9.17) is 0 Å². The number of rotatable bonds is 0. The molecule has 0 saturated carbocycles. The van der Waals surface area contributed by atoms with Gasteiger partial charge in [0.2, 0.25) is 5.52 Å². The molecule has 0 radical (unpaired) electrons. The van der Waals surface area contributed by atoms with Crippen molar-refractivity contribution in [3.63, 3.8) is 0 Å². The highest BCUT2D eigenvalue weighted by Gasteiger charge is 2.08. The average Bonchev–Trinajstić information content (AvgIpc) is 2.32. The van der Waals surface area contributed by atoms with Crippen molar-refractivity contribution in [3.8, 4) is 0 Å². The third-order valence-electron chi connectivity index (χ3n) is 1.37. The van der Waals surface area contributed by atoms with Crippen LogP contribution >= 0.6 is 0 Å². The summed E-state index contributed by atoms with van der Waals surface area (Å²) in [7, 11) is 0. The molecule has 0 bridgehead atoms. The zero-order chi connectivity index (χ0) is 7.84. The molecule has 5 heteroatoms. The van der Waals surface area contributed by atoms with Crippen molar-refractivity contribution in [2.75, 3.05) is 0 Å². The van der Waals surface area contributed by atoms with E-state index >= 15 is 0 Å². The summed E-state index contributed by atoms with van der Waals surface area (Å²) in [5.41, 5.74) is 1.65. The fourth-order valence-corrected chi connectivity index (χ4v) is 0.874. The van der Waals surface area contributed by atoms with Gasteiger partial charge in [0.15, 0.2) is 0 Å². The smallest absolute Gasteiger partial charge is 0.341 e. The molecule has 0 unspecified atom stereocenters. The normalized spacial score (nSPS) is 10.6. The fraction of sp³-hybridized carbons (Fsp3) is 0.167. The summed E-state index contributed by atoms with van der Waals surface area (Å²) in [5.74, 6) is 0. The number of aromatic nitrogens is 3. The van der Waals surface area contributed by atoms with E-state index < -0.39 is 0 Å². The number of hydrogen-bond donors (Lipinski definition) is 0. The van der Waals surface area contributed by atoms with E-state index in [0.717, 1.165) is 5.56 Å². The van der Waals surface area contributed by atoms with Gasteiger partial charge in [-0.1, -0.05) is 4.90 Å². The van der Waals surface area contributed by atoms with Crippen LogP contribution in [-0.4, -0.2) is 10.1 Å². The van der Waals surface area contributed by atoms with Crippen molar-refractivity contribution >= 4 is 11.2 Å². The van der Waals surface area contributed by atoms with E-state index in [0.29, 0.717) is 5.52 Å². The van der Waals surface area contributed by atoms with Gasteiger partial charge in [-0.2, -0.15) is 0 Å². The van der Waals surface area contributed by atoms with Crippen LogP contribution in [0.1, 0.15) is 5.56 Å². The molecule has 11 heavy (non-hydrogen) atoms. The van der Waals surface area contributed by atoms with Gasteiger partial charge in [-0.05, 0) is 23.7 Å². The summed E-state index contributed by atoms with van der Waals surface area (Å²) >= 11 is 0. The van der Waals surface area contributed by atoms with E-state index in [-0.39, 0.29) is 10.6 Å². The van der Waals surface area contributed by atoms with Crippen LogP contribution in [0.4, 0.5) is 0 Å². The van der Waals surface area contributed by atoms with Gasteiger partial charge >= 0.3 is 5.65 Å². The van der Waals surface area contributed by atoms with Crippen molar-refractivity contribution in [2.45, 2.75) is 6.92 Å². The van der Waals surface area contributed by atoms with Crippen molar-refractivity contribution < 1.29 is 9.53 Å². The van der Waals surface area contributed by atoms with Crippen LogP contribution in [-0.2, 0) is 0 Å². The molecule has 0 saturated heterocycles. The molecule has 0 aliphatic rings. The van der Waals surface area contributed by atoms with Gasteiger partial charge in [0.25, 0.3) is 0 Å². The van der Waals surface area contributed by atoms with Crippen LogP contribution in [0.15, 0.2) is 16.9 Å². The highest BCUT2D eigenvalue weighted by atomic mass is 16.8. The molecule has 0 N–H and O–H groups in total. The van der Waals surface area contributed by atoms with Crippen LogP contribution in [0.2, 0.25) is 0 Å². The molecular formula is C6H5N3O2. The lowest BCUT2D eigenvalue weighted by Gasteiger charge is -1.85. The number of fused-ring (bicyclic) bond motifs is 1. The van der Waals surface area contributed by atoms with Gasteiger partial charge in [-0.25, -0.2) is 0 Å². The van der Waals surface area contributed by atoms with E-state index in [2.05, 4.69) is 14.8 Å². The standard InChI is InChI=1S/C6H5N3O2/c1-4-2-5-6(7-3-4)9(10)11-8-5/h2-3H,1H3. The summed E-state index contributed by atoms with van der Waals surface area (Å²) < 4.78 is 4.32. The van der Waals surface area contributed by atoms with Crippen LogP contribution < -0.4 is 4.90 Å². The molecule has 2 heterocycles. The first kappa shape index (κ1) is 6.09. The zero-order valence-corrected chi connectivity index (χ0v) is 5.81. The third-order valence-corrected chi connectivity index (χ3v) is 1.37. The van der Waals surface area contributed by atoms with Crippen LogP contribution in [0.3, 0.4) is 0 Å². The Kier molecular flexibility index (Phi) is 1.06. The molecule has 2 aromatic rings. The molecule has 5 nitrogen and oxygen atoms in total. The molecule has 0 aliphatic heterocycles. The van der Waals surface area contributed by atoms with Gasteiger partial charge in [-0.15, -0.1) is 4.98 Å². The van der Waals surface area contributed by atoms with Crippen molar-refractivity contribution in [1.29, 1.82) is 0 Å². The molecule has 2 rings (SSSR count). The van der Waals surface area contributed by atoms with Crippen molar-refractivity contribution in [3.05, 3.63) is 23.0 Å². The topological polar surface area (TPSA) is 65.9 Å². The lowest BCUT2D eigenvalue weighted by molar-refractivity contribution is -0.783. The maximum Gasteiger partial charge on any atom is 0.341 e. The van der Waals surface area contributed by atoms with Crippen LogP contribution in [0, 0.1) is 12.1 Å². The molecule has 0 aliphatic carbocycles. The van der Waals surface area contributed by atoms with E-state index in [1.807, 2.05) is 6.92 Å². The first-order valence-electron chi connectivity index (χ1n) is 3.09. The van der Waals surface area contributed by atoms with Crippen molar-refractivity contribution in [1.82, 2.24) is 10.1 Å². The monoisotopic (exact) mass is 151 g/mol. The molecule has 0 atom stereocenters. The number of hydrogen-bond acceptors (Lipinski definition) is 4. The molecule has 56 valence electrons. The Morgan fingerprint density at radius 1 is 1.64 bits per heavy atom. The van der Waals surface area contributed by atoms with Gasteiger partial charge in [0.1, 0.15) is 6.20 Å². The van der Waals surface area contributed by atoms with Gasteiger partial charge in [0.05, 0.1) is 0 Å². The Morgan fingerprint density at radius 2 is 2.45 bits per heavy atom. The Labute approximate surface area is 61.8 Å². The van der Waals surface area contributed by atoms with E-state index in [1.165, 1.54) is 0 Å². The SMILES string of the molecule is Cc1cnc2c(c1)no[n+]2[O-]. The summed E-state index contributed by atoms with van der Waals surface area (Å²) in [4.78, 5) is 4.12. The Bertz CT molecular complexity index is 396. The molecule has 0 spiro atoms. The summed E-state index contributed by atoms with van der Waals surface area (Å²) in [6, 6.07) is 1.74. The van der Waals surface area contributed by atoms with Crippen LogP contribution in [0.5, 0.6) is 0 Å². The second-order valence-corrected chi connectivity index (χ2v) is 2.29. The Morgan fingerprint density at radius 3 is 3.27 bits per heavy atom. The molecule has 0 aromatic carbocycles. The number of pyridine rings is 1. The zero-order valence-electron chi connectivity index (χ0n) is 5.81. The summed E-state index contributed by atoms with van der Waals surface area (Å²) in [5, 5.41) is 14.2. The second-order valence-electron chi connectivity index (χ2n) is 2.29. The highest BCUT2D eigenvalue weighted by Crippen LogP contribution is 2.04. The summed E-state index contributed by atoms with van der Waals surface area (Å²) in [6.45, 7) is 1.87.